The number of carbonyl (C=O) groups is 3. The molecule has 2 aliphatic rings. The second kappa shape index (κ2) is 11.8. The summed E-state index contributed by atoms with van der Waals surface area (Å²) >= 11 is 0. The number of hydrazine groups is 1. The topological polar surface area (TPSA) is 128 Å². The Balaban J connectivity index is 2.02. The van der Waals surface area contributed by atoms with Crippen LogP contribution in [0.1, 0.15) is 78.4 Å². The van der Waals surface area contributed by atoms with Crippen molar-refractivity contribution in [2.24, 2.45) is 5.92 Å². The molecule has 3 rings (SSSR count). The number of amides is 1. The predicted octanol–water partition coefficient (Wildman–Crippen LogP) is 4.38. The van der Waals surface area contributed by atoms with Gasteiger partial charge >= 0.3 is 18.1 Å². The van der Waals surface area contributed by atoms with Crippen LogP contribution >= 0.6 is 0 Å². The molecular formula is C29H38F3N3O6. The number of aliphatic hydroxyl groups is 1. The number of allylic oxidation sites excluding steroid dienone is 1. The zero-order valence-electron chi connectivity index (χ0n) is 24.1. The highest BCUT2D eigenvalue weighted by molar-refractivity contribution is 5.93. The summed E-state index contributed by atoms with van der Waals surface area (Å²) in [6, 6.07) is 3.03. The first kappa shape index (κ1) is 32.1. The van der Waals surface area contributed by atoms with E-state index in [9.17, 15) is 37.8 Å². The fourth-order valence-electron chi connectivity index (χ4n) is 4.99. The molecule has 0 saturated carbocycles. The van der Waals surface area contributed by atoms with Crippen LogP contribution in [0.4, 0.5) is 13.2 Å². The summed E-state index contributed by atoms with van der Waals surface area (Å²) < 4.78 is 46.0. The number of esters is 1. The first-order valence-electron chi connectivity index (χ1n) is 13.4. The van der Waals surface area contributed by atoms with Crippen LogP contribution in [0.3, 0.4) is 0 Å². The van der Waals surface area contributed by atoms with Gasteiger partial charge in [-0.1, -0.05) is 19.1 Å². The quantitative estimate of drug-likeness (QED) is 0.333. The molecule has 9 nitrogen and oxygen atoms in total. The van der Waals surface area contributed by atoms with Crippen molar-refractivity contribution in [3.8, 4) is 0 Å². The number of alkyl halides is 3. The molecular weight excluding hydrogens is 543 g/mol. The number of carboxylic acid groups (broad SMARTS) is 1. The van der Waals surface area contributed by atoms with Crippen LogP contribution in [-0.2, 0) is 25.3 Å². The van der Waals surface area contributed by atoms with E-state index >= 15 is 0 Å². The number of aliphatic carboxylic acids is 1. The molecule has 0 bridgehead atoms. The van der Waals surface area contributed by atoms with Gasteiger partial charge in [-0.25, -0.2) is 5.01 Å². The molecule has 226 valence electrons. The number of ether oxygens (including phenoxy) is 1. The lowest BCUT2D eigenvalue weighted by atomic mass is 9.84. The van der Waals surface area contributed by atoms with Gasteiger partial charge in [0, 0.05) is 22.4 Å². The minimum absolute atomic E-state index is 0.0237. The Hall–Kier alpha value is -3.38. The van der Waals surface area contributed by atoms with Crippen molar-refractivity contribution >= 4 is 23.5 Å². The second-order valence-electron chi connectivity index (χ2n) is 12.3. The molecule has 0 spiro atoms. The molecule has 3 atom stereocenters. The molecule has 1 heterocycles. The van der Waals surface area contributed by atoms with Gasteiger partial charge in [0.25, 0.3) is 5.91 Å². The average molecular weight is 582 g/mol. The Morgan fingerprint density at radius 3 is 2.41 bits per heavy atom. The Labute approximate surface area is 237 Å². The summed E-state index contributed by atoms with van der Waals surface area (Å²) in [5.74, 6) is -2.59. The van der Waals surface area contributed by atoms with E-state index in [1.165, 1.54) is 18.2 Å². The minimum atomic E-state index is -4.64. The lowest BCUT2D eigenvalue weighted by Crippen LogP contribution is -2.58. The van der Waals surface area contributed by atoms with Crippen LogP contribution in [0.15, 0.2) is 41.6 Å². The zero-order chi connectivity index (χ0) is 30.9. The summed E-state index contributed by atoms with van der Waals surface area (Å²) in [4.78, 5) is 38.3. The van der Waals surface area contributed by atoms with E-state index in [-0.39, 0.29) is 23.6 Å². The molecule has 2 unspecified atom stereocenters. The number of carboxylic acids is 1. The molecule has 1 aliphatic heterocycles. The fourth-order valence-corrected chi connectivity index (χ4v) is 4.99. The van der Waals surface area contributed by atoms with Gasteiger partial charge in [-0.2, -0.15) is 13.2 Å². The maximum atomic E-state index is 14.0. The van der Waals surface area contributed by atoms with E-state index in [4.69, 9.17) is 4.74 Å². The number of hydrogen-bond donors (Lipinski definition) is 4. The van der Waals surface area contributed by atoms with Crippen LogP contribution in [-0.4, -0.2) is 56.4 Å². The summed E-state index contributed by atoms with van der Waals surface area (Å²) in [5.41, 5.74) is 1.23. The maximum absolute atomic E-state index is 14.0. The molecule has 4 N–H and O–H groups in total. The Bertz CT molecular complexity index is 1250. The number of nitrogens with one attached hydrogen (secondary N) is 2. The van der Waals surface area contributed by atoms with Gasteiger partial charge in [0.05, 0.1) is 36.2 Å². The van der Waals surface area contributed by atoms with Gasteiger partial charge in [0.2, 0.25) is 0 Å². The maximum Gasteiger partial charge on any atom is 0.416 e. The highest BCUT2D eigenvalue weighted by Crippen LogP contribution is 2.37. The normalized spacial score (nSPS) is 20.5. The summed E-state index contributed by atoms with van der Waals surface area (Å²) in [6.45, 7) is 10.3. The summed E-state index contributed by atoms with van der Waals surface area (Å²) in [6.07, 6.45) is -4.03. The molecule has 1 aromatic rings. The molecule has 1 aliphatic carbocycles. The molecule has 0 fully saturated rings. The van der Waals surface area contributed by atoms with Crippen molar-refractivity contribution in [3.05, 3.63) is 52.7 Å². The zero-order valence-corrected chi connectivity index (χ0v) is 24.1. The Kier molecular flexibility index (Phi) is 9.29. The van der Waals surface area contributed by atoms with Crippen LogP contribution in [0.25, 0.3) is 5.70 Å². The standard InChI is InChI=1S/C29H38F3N3O6/c1-16-10-20-19(23(36)11-16)13-22(17-8-7-9-18(12-17)29(30,31)32)35(34-20)26(40)21(14-24(37)38)33-28(5,6)15-25(39)41-27(2,3)4/h7-9,12-13,16,21,23,33-34,36H,10-11,14-15H2,1-6H3,(H,37,38)/t16?,21-,23?/m0/s1. The van der Waals surface area contributed by atoms with Gasteiger partial charge in [0.15, 0.2) is 0 Å². The van der Waals surface area contributed by atoms with Gasteiger partial charge in [-0.15, -0.1) is 0 Å². The van der Waals surface area contributed by atoms with Crippen molar-refractivity contribution in [2.75, 3.05) is 0 Å². The van der Waals surface area contributed by atoms with Crippen molar-refractivity contribution in [1.82, 2.24) is 15.8 Å². The number of nitrogens with zero attached hydrogens (tertiary/aromatic N) is 1. The van der Waals surface area contributed by atoms with Crippen molar-refractivity contribution in [1.29, 1.82) is 0 Å². The third-order valence-electron chi connectivity index (χ3n) is 6.62. The largest absolute Gasteiger partial charge is 0.481 e. The van der Waals surface area contributed by atoms with E-state index < -0.39 is 59.3 Å². The first-order chi connectivity index (χ1) is 18.8. The first-order valence-corrected chi connectivity index (χ1v) is 13.4. The molecule has 0 radical (unpaired) electrons. The molecule has 0 saturated heterocycles. The second-order valence-corrected chi connectivity index (χ2v) is 12.3. The van der Waals surface area contributed by atoms with Gasteiger partial charge in [-0.05, 0) is 71.6 Å². The van der Waals surface area contributed by atoms with E-state index in [0.29, 0.717) is 24.1 Å². The van der Waals surface area contributed by atoms with Gasteiger partial charge in [0.1, 0.15) is 5.60 Å². The Morgan fingerprint density at radius 1 is 1.17 bits per heavy atom. The monoisotopic (exact) mass is 581 g/mol. The molecule has 1 amide bonds. The number of benzene rings is 1. The van der Waals surface area contributed by atoms with E-state index in [1.54, 1.807) is 34.6 Å². The lowest BCUT2D eigenvalue weighted by Gasteiger charge is -2.40. The lowest BCUT2D eigenvalue weighted by molar-refractivity contribution is -0.156. The van der Waals surface area contributed by atoms with Crippen molar-refractivity contribution in [2.45, 2.75) is 96.7 Å². The van der Waals surface area contributed by atoms with E-state index in [1.807, 2.05) is 6.92 Å². The van der Waals surface area contributed by atoms with Crippen molar-refractivity contribution in [3.63, 3.8) is 0 Å². The highest BCUT2D eigenvalue weighted by atomic mass is 19.4. The van der Waals surface area contributed by atoms with E-state index in [2.05, 4.69) is 10.7 Å². The SMILES string of the molecule is CC1CC2=C(C=C(c3cccc(C(F)(F)F)c3)N(C(=O)[C@H](CC(=O)O)NC(C)(C)CC(=O)OC(C)(C)C)N2)C(O)C1. The fraction of sp³-hybridized carbons (Fsp3) is 0.552. The van der Waals surface area contributed by atoms with Crippen LogP contribution in [0.5, 0.6) is 0 Å². The summed E-state index contributed by atoms with van der Waals surface area (Å²) in [5, 5.41) is 24.3. The van der Waals surface area contributed by atoms with Crippen LogP contribution < -0.4 is 10.7 Å². The third kappa shape index (κ3) is 8.56. The van der Waals surface area contributed by atoms with Gasteiger partial charge < -0.3 is 14.9 Å². The highest BCUT2D eigenvalue weighted by Gasteiger charge is 2.39. The molecule has 1 aromatic carbocycles. The number of carbonyl (C=O) groups excluding carboxylic acids is 2. The third-order valence-corrected chi connectivity index (χ3v) is 6.62. The molecule has 41 heavy (non-hydrogen) atoms. The predicted molar refractivity (Wildman–Crippen MR) is 145 cm³/mol. The molecule has 12 heteroatoms. The van der Waals surface area contributed by atoms with Crippen LogP contribution in [0, 0.1) is 5.92 Å². The smallest absolute Gasteiger partial charge is 0.416 e. The average Bonchev–Trinajstić information content (AvgIpc) is 2.79. The van der Waals surface area contributed by atoms with E-state index in [0.717, 1.165) is 17.1 Å². The number of rotatable bonds is 8. The van der Waals surface area contributed by atoms with Crippen LogP contribution in [0.2, 0.25) is 0 Å². The summed E-state index contributed by atoms with van der Waals surface area (Å²) in [7, 11) is 0. The van der Waals surface area contributed by atoms with Gasteiger partial charge in [-0.3, -0.25) is 25.1 Å². The minimum Gasteiger partial charge on any atom is -0.481 e. The number of aliphatic hydroxyl groups excluding tert-OH is 1. The Morgan fingerprint density at radius 2 is 1.83 bits per heavy atom. The number of halogens is 3. The number of hydrogen-bond acceptors (Lipinski definition) is 7. The van der Waals surface area contributed by atoms with Crippen molar-refractivity contribution < 1.29 is 42.5 Å². The molecule has 0 aromatic heterocycles.